The van der Waals surface area contributed by atoms with E-state index >= 15 is 0 Å². The van der Waals surface area contributed by atoms with E-state index in [4.69, 9.17) is 0 Å². The number of amides is 3. The van der Waals surface area contributed by atoms with Gasteiger partial charge in [0.15, 0.2) is 0 Å². The SMILES string of the molecule is Cc1ccccc1NC(=O)C(c1ccsc1)N(S)C(=O)Nc1ccccc1C(F)(F)F. The van der Waals surface area contributed by atoms with E-state index in [1.165, 1.54) is 23.5 Å². The number of aryl methyl sites for hydroxylation is 1. The fraction of sp³-hybridized carbons (Fsp3) is 0.143. The average molecular weight is 466 g/mol. The van der Waals surface area contributed by atoms with Gasteiger partial charge in [0.2, 0.25) is 0 Å². The number of rotatable bonds is 5. The van der Waals surface area contributed by atoms with Crippen LogP contribution in [0.25, 0.3) is 0 Å². The normalized spacial score (nSPS) is 12.2. The summed E-state index contributed by atoms with van der Waals surface area (Å²) in [4.78, 5) is 25.8. The molecule has 5 nitrogen and oxygen atoms in total. The minimum atomic E-state index is -4.65. The van der Waals surface area contributed by atoms with E-state index in [1.807, 2.05) is 19.1 Å². The van der Waals surface area contributed by atoms with Crippen LogP contribution in [0.1, 0.15) is 22.7 Å². The highest BCUT2D eigenvalue weighted by molar-refractivity contribution is 7.78. The largest absolute Gasteiger partial charge is 0.418 e. The van der Waals surface area contributed by atoms with Crippen LogP contribution >= 0.6 is 24.2 Å². The predicted molar refractivity (Wildman–Crippen MR) is 118 cm³/mol. The Morgan fingerprint density at radius 1 is 1.00 bits per heavy atom. The van der Waals surface area contributed by atoms with Gasteiger partial charge in [-0.25, -0.2) is 4.79 Å². The summed E-state index contributed by atoms with van der Waals surface area (Å²) in [5.41, 5.74) is 0.417. The third-order valence-corrected chi connectivity index (χ3v) is 5.55. The number of anilines is 2. The van der Waals surface area contributed by atoms with Crippen molar-refractivity contribution in [2.75, 3.05) is 10.6 Å². The van der Waals surface area contributed by atoms with Gasteiger partial charge in [0.25, 0.3) is 5.91 Å². The second-order valence-electron chi connectivity index (χ2n) is 6.58. The highest BCUT2D eigenvalue weighted by atomic mass is 32.1. The fourth-order valence-corrected chi connectivity index (χ4v) is 3.84. The molecule has 1 heterocycles. The van der Waals surface area contributed by atoms with Crippen LogP contribution in [-0.2, 0) is 11.0 Å². The quantitative estimate of drug-likeness (QED) is 0.397. The first kappa shape index (κ1) is 22.7. The summed E-state index contributed by atoms with van der Waals surface area (Å²) in [5, 5.41) is 8.35. The zero-order chi connectivity index (χ0) is 22.6. The molecular weight excluding hydrogens is 447 g/mol. The van der Waals surface area contributed by atoms with Crippen molar-refractivity contribution in [2.24, 2.45) is 0 Å². The zero-order valence-electron chi connectivity index (χ0n) is 16.2. The molecule has 1 atom stereocenters. The van der Waals surface area contributed by atoms with E-state index in [0.717, 1.165) is 22.0 Å². The Balaban J connectivity index is 1.86. The molecule has 10 heteroatoms. The van der Waals surface area contributed by atoms with Gasteiger partial charge >= 0.3 is 12.2 Å². The molecule has 31 heavy (non-hydrogen) atoms. The molecule has 0 saturated heterocycles. The van der Waals surface area contributed by atoms with Crippen molar-refractivity contribution >= 4 is 47.5 Å². The molecule has 2 N–H and O–H groups in total. The van der Waals surface area contributed by atoms with Crippen LogP contribution in [0.15, 0.2) is 65.4 Å². The van der Waals surface area contributed by atoms with Crippen LogP contribution < -0.4 is 10.6 Å². The summed E-state index contributed by atoms with van der Waals surface area (Å²) in [6.45, 7) is 1.81. The van der Waals surface area contributed by atoms with Crippen LogP contribution in [0.4, 0.5) is 29.3 Å². The molecular formula is C21H18F3N3O2S2. The molecule has 0 aliphatic heterocycles. The highest BCUT2D eigenvalue weighted by Gasteiger charge is 2.35. The third-order valence-electron chi connectivity index (χ3n) is 4.44. The molecule has 0 aliphatic carbocycles. The Morgan fingerprint density at radius 3 is 2.26 bits per heavy atom. The minimum Gasteiger partial charge on any atom is -0.324 e. The maximum Gasteiger partial charge on any atom is 0.418 e. The van der Waals surface area contributed by atoms with Crippen LogP contribution in [0, 0.1) is 6.92 Å². The molecule has 3 rings (SSSR count). The van der Waals surface area contributed by atoms with Gasteiger partial charge in [0.1, 0.15) is 6.04 Å². The minimum absolute atomic E-state index is 0.428. The first-order chi connectivity index (χ1) is 14.7. The summed E-state index contributed by atoms with van der Waals surface area (Å²) in [6, 6.07) is 11.2. The second kappa shape index (κ2) is 9.44. The summed E-state index contributed by atoms with van der Waals surface area (Å²) in [7, 11) is 0. The predicted octanol–water partition coefficient (Wildman–Crippen LogP) is 6.13. The van der Waals surface area contributed by atoms with Gasteiger partial charge in [-0.3, -0.25) is 9.10 Å². The summed E-state index contributed by atoms with van der Waals surface area (Å²) >= 11 is 5.47. The van der Waals surface area contributed by atoms with E-state index in [-0.39, 0.29) is 0 Å². The van der Waals surface area contributed by atoms with E-state index in [0.29, 0.717) is 11.3 Å². The Bertz CT molecular complexity index is 1070. The van der Waals surface area contributed by atoms with Crippen molar-refractivity contribution < 1.29 is 22.8 Å². The lowest BCUT2D eigenvalue weighted by molar-refractivity contribution is -0.137. The second-order valence-corrected chi connectivity index (χ2v) is 7.79. The average Bonchev–Trinajstić information content (AvgIpc) is 3.23. The van der Waals surface area contributed by atoms with Crippen molar-refractivity contribution in [1.82, 2.24) is 4.31 Å². The van der Waals surface area contributed by atoms with Gasteiger partial charge in [-0.1, -0.05) is 43.1 Å². The lowest BCUT2D eigenvalue weighted by atomic mass is 10.1. The van der Waals surface area contributed by atoms with Crippen molar-refractivity contribution in [1.29, 1.82) is 0 Å². The third kappa shape index (κ3) is 5.39. The molecule has 0 fully saturated rings. The highest BCUT2D eigenvalue weighted by Crippen LogP contribution is 2.35. The number of thiophene rings is 1. The van der Waals surface area contributed by atoms with Gasteiger partial charge in [-0.2, -0.15) is 24.5 Å². The van der Waals surface area contributed by atoms with Crippen molar-refractivity contribution in [3.05, 3.63) is 82.0 Å². The molecule has 3 amide bonds. The summed E-state index contributed by atoms with van der Waals surface area (Å²) in [5.74, 6) is -0.554. The summed E-state index contributed by atoms with van der Waals surface area (Å²) in [6.07, 6.45) is -4.65. The topological polar surface area (TPSA) is 61.4 Å². The Hall–Kier alpha value is -2.98. The van der Waals surface area contributed by atoms with Crippen molar-refractivity contribution in [2.45, 2.75) is 19.1 Å². The Morgan fingerprint density at radius 2 is 1.65 bits per heavy atom. The van der Waals surface area contributed by atoms with Crippen molar-refractivity contribution in [3.63, 3.8) is 0 Å². The van der Waals surface area contributed by atoms with E-state index in [9.17, 15) is 22.8 Å². The van der Waals surface area contributed by atoms with Crippen LogP contribution in [0.5, 0.6) is 0 Å². The van der Waals surface area contributed by atoms with Gasteiger partial charge in [-0.05, 0) is 53.1 Å². The molecule has 3 aromatic rings. The van der Waals surface area contributed by atoms with Crippen LogP contribution in [0.3, 0.4) is 0 Å². The Labute approximate surface area is 186 Å². The molecule has 0 radical (unpaired) electrons. The van der Waals surface area contributed by atoms with Gasteiger partial charge in [0.05, 0.1) is 11.3 Å². The van der Waals surface area contributed by atoms with E-state index in [1.54, 1.807) is 29.0 Å². The number of urea groups is 1. The molecule has 162 valence electrons. The molecule has 0 saturated carbocycles. The zero-order valence-corrected chi connectivity index (χ0v) is 17.9. The molecule has 0 bridgehead atoms. The number of benzene rings is 2. The standard InChI is InChI=1S/C21H18F3N3O2S2/c1-13-6-2-4-8-16(13)25-19(28)18(14-10-11-31-12-14)27(30)20(29)26-17-9-5-3-7-15(17)21(22,23)24/h2-12,18,30H,1H3,(H,25,28)(H,26,29). The van der Waals surface area contributed by atoms with E-state index < -0.39 is 35.4 Å². The van der Waals surface area contributed by atoms with Crippen molar-refractivity contribution in [3.8, 4) is 0 Å². The number of para-hydroxylation sites is 2. The van der Waals surface area contributed by atoms with Gasteiger partial charge < -0.3 is 10.6 Å². The lowest BCUT2D eigenvalue weighted by Gasteiger charge is -2.26. The number of halogens is 3. The Kier molecular flexibility index (Phi) is 6.91. The number of thiol groups is 1. The van der Waals surface area contributed by atoms with Gasteiger partial charge in [0, 0.05) is 5.69 Å². The molecule has 0 aliphatic rings. The number of carbonyl (C=O) groups is 2. The lowest BCUT2D eigenvalue weighted by Crippen LogP contribution is -2.38. The molecule has 1 aromatic heterocycles. The maximum atomic E-state index is 13.2. The maximum absolute atomic E-state index is 13.2. The number of hydrogen-bond acceptors (Lipinski definition) is 4. The number of nitrogens with zero attached hydrogens (tertiary/aromatic N) is 1. The number of alkyl halides is 3. The van der Waals surface area contributed by atoms with Crippen LogP contribution in [0.2, 0.25) is 0 Å². The molecule has 2 aromatic carbocycles. The first-order valence-electron chi connectivity index (χ1n) is 9.02. The molecule has 1 unspecified atom stereocenters. The first-order valence-corrected chi connectivity index (χ1v) is 10.4. The smallest absolute Gasteiger partial charge is 0.324 e. The summed E-state index contributed by atoms with van der Waals surface area (Å²) < 4.78 is 40.5. The monoisotopic (exact) mass is 465 g/mol. The van der Waals surface area contributed by atoms with E-state index in [2.05, 4.69) is 23.4 Å². The van der Waals surface area contributed by atoms with Crippen LogP contribution in [-0.4, -0.2) is 16.2 Å². The number of nitrogens with one attached hydrogen (secondary N) is 2. The number of carbonyl (C=O) groups excluding carboxylic acids is 2. The fourth-order valence-electron chi connectivity index (χ4n) is 2.88. The number of hydrogen-bond donors (Lipinski definition) is 3. The van der Waals surface area contributed by atoms with Gasteiger partial charge in [-0.15, -0.1) is 0 Å². The molecule has 0 spiro atoms.